The number of carbonyl (C=O) groups is 4. The monoisotopic (exact) mass is 375 g/mol. The molecule has 0 radical (unpaired) electrons. The second kappa shape index (κ2) is 8.66. The Morgan fingerprint density at radius 3 is 2.59 bits per heavy atom. The first-order valence-electron chi connectivity index (χ1n) is 8.94. The van der Waals surface area contributed by atoms with Crippen molar-refractivity contribution in [1.29, 1.82) is 0 Å². The van der Waals surface area contributed by atoms with E-state index in [2.05, 4.69) is 13.8 Å². The molecule has 1 aliphatic heterocycles. The van der Waals surface area contributed by atoms with Crippen LogP contribution in [0.3, 0.4) is 0 Å². The van der Waals surface area contributed by atoms with Gasteiger partial charge in [0.2, 0.25) is 5.91 Å². The maximum atomic E-state index is 12.5. The molecule has 0 aromatic heterocycles. The number of anilines is 1. The van der Waals surface area contributed by atoms with E-state index in [1.807, 2.05) is 29.6 Å². The molecule has 4 amide bonds. The zero-order valence-corrected chi connectivity index (χ0v) is 15.7. The van der Waals surface area contributed by atoms with Gasteiger partial charge in [-0.3, -0.25) is 19.7 Å². The number of carbonyl (C=O) groups excluding carboxylic acids is 4. The second-order valence-electron chi connectivity index (χ2n) is 6.71. The lowest BCUT2D eigenvalue weighted by Gasteiger charge is -2.23. The molecule has 1 saturated heterocycles. The smallest absolute Gasteiger partial charge is 0.318 e. The van der Waals surface area contributed by atoms with Crippen LogP contribution in [0.1, 0.15) is 45.1 Å². The number of nitrogens with one attached hydrogen (secondary N) is 1. The number of ether oxygens (including phenoxy) is 1. The van der Waals surface area contributed by atoms with Crippen LogP contribution in [-0.2, 0) is 19.1 Å². The van der Waals surface area contributed by atoms with Crippen LogP contribution in [0.15, 0.2) is 24.3 Å². The normalized spacial score (nSPS) is 18.7. The highest BCUT2D eigenvalue weighted by atomic mass is 16.5. The average molecular weight is 375 g/mol. The molecule has 3 atom stereocenters. The highest BCUT2D eigenvalue weighted by Gasteiger charge is 2.38. The first-order chi connectivity index (χ1) is 12.7. The van der Waals surface area contributed by atoms with Crippen molar-refractivity contribution in [3.8, 4) is 0 Å². The van der Waals surface area contributed by atoms with Crippen LogP contribution in [0.5, 0.6) is 0 Å². The second-order valence-corrected chi connectivity index (χ2v) is 6.71. The van der Waals surface area contributed by atoms with Gasteiger partial charge in [0.15, 0.2) is 6.10 Å². The summed E-state index contributed by atoms with van der Waals surface area (Å²) in [5.74, 6) is -2.02. The van der Waals surface area contributed by atoms with Crippen LogP contribution in [0.4, 0.5) is 10.5 Å². The zero-order valence-electron chi connectivity index (χ0n) is 15.7. The van der Waals surface area contributed by atoms with Crippen LogP contribution in [0.2, 0.25) is 0 Å². The highest BCUT2D eigenvalue weighted by molar-refractivity contribution is 6.01. The van der Waals surface area contributed by atoms with E-state index < -0.39 is 29.9 Å². The summed E-state index contributed by atoms with van der Waals surface area (Å²) in [7, 11) is 0. The zero-order chi connectivity index (χ0) is 20.1. The van der Waals surface area contributed by atoms with E-state index in [-0.39, 0.29) is 24.8 Å². The number of para-hydroxylation sites is 1. The molecular weight excluding hydrogens is 350 g/mol. The third kappa shape index (κ3) is 4.84. The van der Waals surface area contributed by atoms with E-state index in [0.29, 0.717) is 0 Å². The number of nitrogens with two attached hydrogens (primary N) is 1. The van der Waals surface area contributed by atoms with Gasteiger partial charge in [-0.05, 0) is 30.9 Å². The van der Waals surface area contributed by atoms with Crippen molar-refractivity contribution >= 4 is 29.5 Å². The largest absolute Gasteiger partial charge is 0.452 e. The van der Waals surface area contributed by atoms with E-state index in [4.69, 9.17) is 10.5 Å². The van der Waals surface area contributed by atoms with Crippen LogP contribution in [-0.4, -0.2) is 36.5 Å². The highest BCUT2D eigenvalue weighted by Crippen LogP contribution is 2.33. The van der Waals surface area contributed by atoms with Crippen molar-refractivity contribution in [2.75, 3.05) is 11.4 Å². The summed E-state index contributed by atoms with van der Waals surface area (Å²) in [5, 5.41) is 1.85. The number of rotatable bonds is 6. The summed E-state index contributed by atoms with van der Waals surface area (Å²) in [6.07, 6.45) is -0.240. The summed E-state index contributed by atoms with van der Waals surface area (Å²) in [5.41, 5.74) is 6.72. The summed E-state index contributed by atoms with van der Waals surface area (Å²) in [4.78, 5) is 48.8. The third-order valence-electron chi connectivity index (χ3n) is 4.74. The van der Waals surface area contributed by atoms with Gasteiger partial charge in [-0.1, -0.05) is 32.0 Å². The molecule has 0 spiro atoms. The summed E-state index contributed by atoms with van der Waals surface area (Å²) >= 11 is 0. The quantitative estimate of drug-likeness (QED) is 0.733. The van der Waals surface area contributed by atoms with Gasteiger partial charge >= 0.3 is 12.0 Å². The molecule has 146 valence electrons. The van der Waals surface area contributed by atoms with E-state index in [0.717, 1.165) is 17.7 Å². The predicted octanol–water partition coefficient (Wildman–Crippen LogP) is 1.68. The van der Waals surface area contributed by atoms with E-state index in [9.17, 15) is 19.2 Å². The first-order valence-corrected chi connectivity index (χ1v) is 8.94. The molecule has 0 saturated carbocycles. The van der Waals surface area contributed by atoms with Crippen molar-refractivity contribution in [2.24, 2.45) is 11.7 Å². The number of nitrogens with zero attached hydrogens (tertiary/aromatic N) is 1. The minimum atomic E-state index is -1.18. The number of hydrogen-bond donors (Lipinski definition) is 2. The lowest BCUT2D eigenvalue weighted by Crippen LogP contribution is -2.42. The van der Waals surface area contributed by atoms with Gasteiger partial charge in [-0.25, -0.2) is 4.79 Å². The van der Waals surface area contributed by atoms with Gasteiger partial charge in [-0.15, -0.1) is 0 Å². The molecular formula is C19H25N3O5. The molecule has 0 unspecified atom stereocenters. The molecule has 27 heavy (non-hydrogen) atoms. The molecule has 1 aromatic rings. The van der Waals surface area contributed by atoms with Crippen molar-refractivity contribution in [3.05, 3.63) is 29.8 Å². The molecule has 1 aliphatic rings. The third-order valence-corrected chi connectivity index (χ3v) is 4.74. The fourth-order valence-electron chi connectivity index (χ4n) is 3.02. The molecule has 1 fully saturated rings. The Balaban J connectivity index is 2.08. The average Bonchev–Trinajstić information content (AvgIpc) is 3.02. The van der Waals surface area contributed by atoms with Gasteiger partial charge in [0, 0.05) is 18.7 Å². The van der Waals surface area contributed by atoms with Crippen molar-refractivity contribution in [3.63, 3.8) is 0 Å². The van der Waals surface area contributed by atoms with Crippen LogP contribution in [0, 0.1) is 5.92 Å². The molecule has 3 N–H and O–H groups in total. The van der Waals surface area contributed by atoms with Gasteiger partial charge < -0.3 is 15.4 Å². The van der Waals surface area contributed by atoms with E-state index in [1.54, 1.807) is 4.90 Å². The predicted molar refractivity (Wildman–Crippen MR) is 98.9 cm³/mol. The number of amides is 4. The Hall–Kier alpha value is -2.90. The molecule has 1 aromatic carbocycles. The summed E-state index contributed by atoms with van der Waals surface area (Å²) < 4.78 is 5.09. The Kier molecular flexibility index (Phi) is 6.55. The van der Waals surface area contributed by atoms with Crippen molar-refractivity contribution in [1.82, 2.24) is 5.32 Å². The van der Waals surface area contributed by atoms with Crippen molar-refractivity contribution in [2.45, 2.75) is 45.6 Å². The number of imide groups is 1. The number of esters is 1. The van der Waals surface area contributed by atoms with E-state index in [1.165, 1.54) is 6.92 Å². The minimum absolute atomic E-state index is 0.0117. The Morgan fingerprint density at radius 2 is 1.96 bits per heavy atom. The van der Waals surface area contributed by atoms with Crippen LogP contribution >= 0.6 is 0 Å². The topological polar surface area (TPSA) is 119 Å². The SMILES string of the molecule is CC[C@@H](C)c1ccccc1N1C[C@@H](C(=O)O[C@@H](C)C(=O)NC(N)=O)CC1=O. The maximum absolute atomic E-state index is 12.5. The van der Waals surface area contributed by atoms with Crippen LogP contribution in [0.25, 0.3) is 0 Å². The molecule has 2 rings (SSSR count). The molecule has 0 bridgehead atoms. The van der Waals surface area contributed by atoms with Gasteiger partial charge in [0.25, 0.3) is 5.91 Å². The van der Waals surface area contributed by atoms with Crippen molar-refractivity contribution < 1.29 is 23.9 Å². The Bertz CT molecular complexity index is 749. The Labute approximate surface area is 158 Å². The van der Waals surface area contributed by atoms with E-state index >= 15 is 0 Å². The fourth-order valence-corrected chi connectivity index (χ4v) is 3.02. The number of benzene rings is 1. The number of primary amides is 1. The maximum Gasteiger partial charge on any atom is 0.318 e. The molecule has 8 nitrogen and oxygen atoms in total. The molecule has 0 aliphatic carbocycles. The van der Waals surface area contributed by atoms with Gasteiger partial charge in [0.05, 0.1) is 5.92 Å². The lowest BCUT2D eigenvalue weighted by atomic mass is 9.96. The van der Waals surface area contributed by atoms with Crippen LogP contribution < -0.4 is 16.0 Å². The summed E-state index contributed by atoms with van der Waals surface area (Å²) in [6, 6.07) is 6.62. The number of urea groups is 1. The van der Waals surface area contributed by atoms with Gasteiger partial charge in [-0.2, -0.15) is 0 Å². The van der Waals surface area contributed by atoms with Gasteiger partial charge in [0.1, 0.15) is 0 Å². The molecule has 8 heteroatoms. The standard InChI is InChI=1S/C19H25N3O5/c1-4-11(2)14-7-5-6-8-15(14)22-10-13(9-16(22)23)18(25)27-12(3)17(24)21-19(20)26/h5-8,11-13H,4,9-10H2,1-3H3,(H3,20,21,24,26)/t11-,12+,13+/m1/s1. The first kappa shape index (κ1) is 20.4. The lowest BCUT2D eigenvalue weighted by molar-refractivity contribution is -0.158. The molecule has 1 heterocycles. The minimum Gasteiger partial charge on any atom is -0.452 e. The fraction of sp³-hybridized carbons (Fsp3) is 0.474. The summed E-state index contributed by atoms with van der Waals surface area (Å²) in [6.45, 7) is 5.69. The number of hydrogen-bond acceptors (Lipinski definition) is 5. The Morgan fingerprint density at radius 1 is 1.30 bits per heavy atom.